The van der Waals surface area contributed by atoms with E-state index in [4.69, 9.17) is 4.98 Å². The molecule has 0 aliphatic heterocycles. The molecule has 0 saturated carbocycles. The highest BCUT2D eigenvalue weighted by Crippen LogP contribution is 2.32. The van der Waals surface area contributed by atoms with Crippen molar-refractivity contribution in [2.45, 2.75) is 6.54 Å². The van der Waals surface area contributed by atoms with Gasteiger partial charge in [-0.15, -0.1) is 0 Å². The summed E-state index contributed by atoms with van der Waals surface area (Å²) < 4.78 is 13.8. The van der Waals surface area contributed by atoms with Crippen LogP contribution in [0.2, 0.25) is 0 Å². The SMILES string of the molecule is CN(C)Cc1cncc(-c2cnc3n[nH]c(-c4nc5c(-c6cccc(F)c6)cncc5[nH]4)c3c2)c1. The van der Waals surface area contributed by atoms with Crippen molar-refractivity contribution >= 4 is 22.1 Å². The summed E-state index contributed by atoms with van der Waals surface area (Å²) in [6, 6.07) is 10.6. The van der Waals surface area contributed by atoms with Gasteiger partial charge in [0.05, 0.1) is 22.6 Å². The molecule has 172 valence electrons. The van der Waals surface area contributed by atoms with Crippen molar-refractivity contribution in [2.75, 3.05) is 14.1 Å². The van der Waals surface area contributed by atoms with Gasteiger partial charge in [-0.1, -0.05) is 12.1 Å². The molecule has 0 saturated heterocycles. The Morgan fingerprint density at radius 3 is 2.63 bits per heavy atom. The number of nitrogens with one attached hydrogen (secondary N) is 2. The van der Waals surface area contributed by atoms with Crippen LogP contribution in [0.4, 0.5) is 4.39 Å². The molecule has 1 aromatic carbocycles. The lowest BCUT2D eigenvalue weighted by atomic mass is 10.1. The lowest BCUT2D eigenvalue weighted by Gasteiger charge is -2.10. The first-order valence-corrected chi connectivity index (χ1v) is 11.1. The number of nitrogens with zero attached hydrogens (tertiary/aromatic N) is 6. The second-order valence-corrected chi connectivity index (χ2v) is 8.69. The van der Waals surface area contributed by atoms with Gasteiger partial charge in [0.1, 0.15) is 11.5 Å². The van der Waals surface area contributed by atoms with Crippen LogP contribution in [0.25, 0.3) is 55.8 Å². The molecule has 5 heterocycles. The average molecular weight is 465 g/mol. The molecule has 0 amide bonds. The molecule has 0 unspecified atom stereocenters. The summed E-state index contributed by atoms with van der Waals surface area (Å²) in [6.45, 7) is 0.800. The normalized spacial score (nSPS) is 11.7. The minimum absolute atomic E-state index is 0.308. The van der Waals surface area contributed by atoms with Crippen LogP contribution in [-0.2, 0) is 6.54 Å². The van der Waals surface area contributed by atoms with Crippen LogP contribution in [0.15, 0.2) is 67.4 Å². The number of hydrogen-bond acceptors (Lipinski definition) is 6. The van der Waals surface area contributed by atoms with Crippen molar-refractivity contribution in [3.8, 4) is 33.8 Å². The van der Waals surface area contributed by atoms with Crippen LogP contribution < -0.4 is 0 Å². The molecular weight excluding hydrogens is 443 g/mol. The first kappa shape index (κ1) is 21.1. The van der Waals surface area contributed by atoms with E-state index in [2.05, 4.69) is 41.1 Å². The molecule has 0 atom stereocenters. The zero-order chi connectivity index (χ0) is 23.9. The summed E-state index contributed by atoms with van der Waals surface area (Å²) >= 11 is 0. The smallest absolute Gasteiger partial charge is 0.181 e. The van der Waals surface area contributed by atoms with E-state index in [0.717, 1.165) is 39.7 Å². The molecule has 0 aliphatic carbocycles. The Morgan fingerprint density at radius 1 is 0.914 bits per heavy atom. The van der Waals surface area contributed by atoms with E-state index in [-0.39, 0.29) is 5.82 Å². The molecular formula is C26H21FN8. The summed E-state index contributed by atoms with van der Waals surface area (Å²) in [7, 11) is 4.06. The van der Waals surface area contributed by atoms with Crippen LogP contribution in [0, 0.1) is 5.82 Å². The van der Waals surface area contributed by atoms with Crippen molar-refractivity contribution in [2.24, 2.45) is 0 Å². The number of pyridine rings is 3. The third-order valence-corrected chi connectivity index (χ3v) is 5.80. The maximum atomic E-state index is 13.8. The number of H-pyrrole nitrogens is 2. The van der Waals surface area contributed by atoms with E-state index in [1.807, 2.05) is 38.6 Å². The quantitative estimate of drug-likeness (QED) is 0.379. The van der Waals surface area contributed by atoms with Crippen molar-refractivity contribution in [1.82, 2.24) is 40.0 Å². The third kappa shape index (κ3) is 3.91. The van der Waals surface area contributed by atoms with Gasteiger partial charge in [0.25, 0.3) is 0 Å². The molecule has 0 bridgehead atoms. The van der Waals surface area contributed by atoms with Gasteiger partial charge in [-0.05, 0) is 49.5 Å². The molecule has 8 nitrogen and oxygen atoms in total. The Labute approximate surface area is 199 Å². The highest BCUT2D eigenvalue weighted by atomic mass is 19.1. The van der Waals surface area contributed by atoms with Crippen LogP contribution in [0.1, 0.15) is 5.56 Å². The molecule has 2 N–H and O–H groups in total. The van der Waals surface area contributed by atoms with E-state index in [1.165, 1.54) is 12.1 Å². The van der Waals surface area contributed by atoms with Gasteiger partial charge < -0.3 is 9.88 Å². The van der Waals surface area contributed by atoms with Crippen LogP contribution in [0.5, 0.6) is 0 Å². The van der Waals surface area contributed by atoms with E-state index in [1.54, 1.807) is 24.7 Å². The molecule has 6 rings (SSSR count). The zero-order valence-corrected chi connectivity index (χ0v) is 19.1. The lowest BCUT2D eigenvalue weighted by Crippen LogP contribution is -2.10. The van der Waals surface area contributed by atoms with Gasteiger partial charge in [0.15, 0.2) is 11.5 Å². The molecule has 35 heavy (non-hydrogen) atoms. The number of rotatable bonds is 5. The third-order valence-electron chi connectivity index (χ3n) is 5.80. The number of imidazole rings is 1. The van der Waals surface area contributed by atoms with E-state index in [9.17, 15) is 4.39 Å². The highest BCUT2D eigenvalue weighted by molar-refractivity contribution is 5.96. The second-order valence-electron chi connectivity index (χ2n) is 8.69. The first-order chi connectivity index (χ1) is 17.0. The molecule has 0 radical (unpaired) electrons. The summed E-state index contributed by atoms with van der Waals surface area (Å²) in [5.74, 6) is 0.296. The summed E-state index contributed by atoms with van der Waals surface area (Å²) in [4.78, 5) is 23.5. The zero-order valence-electron chi connectivity index (χ0n) is 19.1. The number of fused-ring (bicyclic) bond motifs is 2. The maximum Gasteiger partial charge on any atom is 0.181 e. The minimum Gasteiger partial charge on any atom is -0.335 e. The molecule has 0 fully saturated rings. The number of benzene rings is 1. The fourth-order valence-corrected chi connectivity index (χ4v) is 4.25. The largest absolute Gasteiger partial charge is 0.335 e. The van der Waals surface area contributed by atoms with Crippen LogP contribution in [-0.4, -0.2) is 54.1 Å². The molecule has 5 aromatic heterocycles. The van der Waals surface area contributed by atoms with Gasteiger partial charge in [0, 0.05) is 48.0 Å². The van der Waals surface area contributed by atoms with E-state index >= 15 is 0 Å². The summed E-state index contributed by atoms with van der Waals surface area (Å²) in [5, 5.41) is 8.27. The Bertz CT molecular complexity index is 1680. The van der Waals surface area contributed by atoms with Crippen molar-refractivity contribution in [3.05, 3.63) is 78.8 Å². The fraction of sp³-hybridized carbons (Fsp3) is 0.115. The molecule has 0 aliphatic rings. The Balaban J connectivity index is 1.45. The summed E-state index contributed by atoms with van der Waals surface area (Å²) in [6.07, 6.45) is 8.91. The highest BCUT2D eigenvalue weighted by Gasteiger charge is 2.16. The number of aromatic nitrogens is 7. The van der Waals surface area contributed by atoms with Crippen LogP contribution in [0.3, 0.4) is 0 Å². The predicted molar refractivity (Wildman–Crippen MR) is 133 cm³/mol. The molecule has 9 heteroatoms. The standard InChI is InChI=1S/C26H21FN8/c1-35(2)14-15-6-17(10-28-9-15)18-8-20-24(33-34-25(20)30-11-18)26-31-22-13-29-12-21(23(22)32-26)16-4-3-5-19(27)7-16/h3-13H,14H2,1-2H3,(H,31,32)(H,30,33,34). The predicted octanol–water partition coefficient (Wildman–Crippen LogP) is 4.83. The van der Waals surface area contributed by atoms with Crippen molar-refractivity contribution < 1.29 is 4.39 Å². The van der Waals surface area contributed by atoms with Crippen LogP contribution >= 0.6 is 0 Å². The van der Waals surface area contributed by atoms with Gasteiger partial charge in [-0.3, -0.25) is 15.1 Å². The second kappa shape index (κ2) is 8.37. The Kier molecular flexibility index (Phi) is 5.04. The number of halogens is 1. The first-order valence-electron chi connectivity index (χ1n) is 11.1. The van der Waals surface area contributed by atoms with Crippen molar-refractivity contribution in [3.63, 3.8) is 0 Å². The van der Waals surface area contributed by atoms with E-state index in [0.29, 0.717) is 28.2 Å². The number of aromatic amines is 2. The van der Waals surface area contributed by atoms with Gasteiger partial charge in [-0.2, -0.15) is 5.10 Å². The Hall–Kier alpha value is -4.50. The monoisotopic (exact) mass is 464 g/mol. The molecule has 0 spiro atoms. The van der Waals surface area contributed by atoms with Gasteiger partial charge >= 0.3 is 0 Å². The topological polar surface area (TPSA) is 99.3 Å². The summed E-state index contributed by atoms with van der Waals surface area (Å²) in [5.41, 5.74) is 7.25. The lowest BCUT2D eigenvalue weighted by molar-refractivity contribution is 0.402. The molecule has 6 aromatic rings. The maximum absolute atomic E-state index is 13.8. The number of hydrogen-bond donors (Lipinski definition) is 2. The van der Waals surface area contributed by atoms with Gasteiger partial charge in [0.2, 0.25) is 0 Å². The Morgan fingerprint density at radius 2 is 1.77 bits per heavy atom. The van der Waals surface area contributed by atoms with Crippen molar-refractivity contribution in [1.29, 1.82) is 0 Å². The van der Waals surface area contributed by atoms with Gasteiger partial charge in [-0.25, -0.2) is 14.4 Å². The minimum atomic E-state index is -0.308. The fourth-order valence-electron chi connectivity index (χ4n) is 4.25. The van der Waals surface area contributed by atoms with E-state index < -0.39 is 0 Å². The average Bonchev–Trinajstić information content (AvgIpc) is 3.47.